The quantitative estimate of drug-likeness (QED) is 0.862. The van der Waals surface area contributed by atoms with Crippen LogP contribution in [0, 0.1) is 0 Å². The number of hydrogen-bond donors (Lipinski definition) is 1. The highest BCUT2D eigenvalue weighted by Crippen LogP contribution is 2.24. The van der Waals surface area contributed by atoms with E-state index in [2.05, 4.69) is 28.7 Å². The first kappa shape index (κ1) is 14.2. The minimum atomic E-state index is -0.160. The number of piperidine rings is 1. The molecular weight excluding hydrogens is 258 g/mol. The largest absolute Gasteiger partial charge is 0.298 e. The molecule has 0 aromatic carbocycles. The number of aromatic nitrogens is 1. The first-order chi connectivity index (χ1) is 9.06. The van der Waals surface area contributed by atoms with Gasteiger partial charge in [0.15, 0.2) is 5.13 Å². The molecule has 5 heteroatoms. The summed E-state index contributed by atoms with van der Waals surface area (Å²) in [4.78, 5) is 19.4. The molecule has 1 unspecified atom stereocenters. The van der Waals surface area contributed by atoms with Crippen LogP contribution in [0.1, 0.15) is 38.0 Å². The van der Waals surface area contributed by atoms with Gasteiger partial charge >= 0.3 is 0 Å². The molecule has 1 aromatic rings. The lowest BCUT2D eigenvalue weighted by molar-refractivity contribution is -0.112. The van der Waals surface area contributed by atoms with Crippen molar-refractivity contribution >= 4 is 22.4 Å². The average molecular weight is 279 g/mol. The number of thiazole rings is 1. The van der Waals surface area contributed by atoms with Crippen LogP contribution < -0.4 is 5.32 Å². The van der Waals surface area contributed by atoms with Crippen LogP contribution in [0.4, 0.5) is 5.13 Å². The topological polar surface area (TPSA) is 45.2 Å². The van der Waals surface area contributed by atoms with Crippen molar-refractivity contribution in [1.29, 1.82) is 0 Å². The number of nitrogens with zero attached hydrogens (tertiary/aromatic N) is 2. The summed E-state index contributed by atoms with van der Waals surface area (Å²) in [6, 6.07) is 0.643. The van der Waals surface area contributed by atoms with Crippen LogP contribution >= 0.6 is 11.3 Å². The van der Waals surface area contributed by atoms with Gasteiger partial charge in [-0.3, -0.25) is 15.0 Å². The van der Waals surface area contributed by atoms with Crippen molar-refractivity contribution in [1.82, 2.24) is 9.88 Å². The van der Waals surface area contributed by atoms with Crippen LogP contribution in [0.15, 0.2) is 18.3 Å². The molecule has 2 rings (SSSR count). The molecule has 2 heterocycles. The molecule has 1 atom stereocenters. The highest BCUT2D eigenvalue weighted by atomic mass is 32.1. The van der Waals surface area contributed by atoms with E-state index in [0.29, 0.717) is 16.7 Å². The van der Waals surface area contributed by atoms with Crippen molar-refractivity contribution in [3.8, 4) is 0 Å². The standard InChI is InChI=1S/C14H21N3OS/c1-10(2)13(18)16-14-15-8-12(19-14)9-17-7-5-4-6-11(17)3/h8,11H,1,4-7,9H2,2-3H3,(H,15,16,18). The molecular formula is C14H21N3OS. The van der Waals surface area contributed by atoms with Gasteiger partial charge < -0.3 is 0 Å². The molecule has 0 saturated carbocycles. The fraction of sp³-hybridized carbons (Fsp3) is 0.571. The average Bonchev–Trinajstić information content (AvgIpc) is 2.79. The SMILES string of the molecule is C=C(C)C(=O)Nc1ncc(CN2CCCCC2C)s1. The zero-order valence-electron chi connectivity index (χ0n) is 11.6. The van der Waals surface area contributed by atoms with E-state index < -0.39 is 0 Å². The second kappa shape index (κ2) is 6.30. The fourth-order valence-electron chi connectivity index (χ4n) is 2.23. The lowest BCUT2D eigenvalue weighted by Crippen LogP contribution is -2.36. The van der Waals surface area contributed by atoms with Gasteiger partial charge in [0, 0.05) is 29.2 Å². The second-order valence-electron chi connectivity index (χ2n) is 5.18. The zero-order chi connectivity index (χ0) is 13.8. The van der Waals surface area contributed by atoms with Crippen LogP contribution in [0.5, 0.6) is 0 Å². The van der Waals surface area contributed by atoms with Crippen molar-refractivity contribution in [3.05, 3.63) is 23.2 Å². The number of likely N-dealkylation sites (tertiary alicyclic amines) is 1. The van der Waals surface area contributed by atoms with Crippen molar-refractivity contribution in [3.63, 3.8) is 0 Å². The third kappa shape index (κ3) is 3.88. The Labute approximate surface area is 118 Å². The van der Waals surface area contributed by atoms with Crippen LogP contribution in [0.2, 0.25) is 0 Å². The number of hydrogen-bond acceptors (Lipinski definition) is 4. The summed E-state index contributed by atoms with van der Waals surface area (Å²) < 4.78 is 0. The summed E-state index contributed by atoms with van der Waals surface area (Å²) in [5.74, 6) is -0.160. The Morgan fingerprint density at radius 1 is 1.63 bits per heavy atom. The number of carbonyl (C=O) groups excluding carboxylic acids is 1. The normalized spacial score (nSPS) is 20.2. The summed E-state index contributed by atoms with van der Waals surface area (Å²) in [5.41, 5.74) is 0.501. The van der Waals surface area contributed by atoms with Gasteiger partial charge in [-0.1, -0.05) is 13.0 Å². The molecule has 1 aliphatic rings. The predicted molar refractivity (Wildman–Crippen MR) is 79.3 cm³/mol. The zero-order valence-corrected chi connectivity index (χ0v) is 12.4. The van der Waals surface area contributed by atoms with Gasteiger partial charge in [0.05, 0.1) is 0 Å². The number of carbonyl (C=O) groups is 1. The molecule has 1 fully saturated rings. The molecule has 0 radical (unpaired) electrons. The van der Waals surface area contributed by atoms with Crippen molar-refractivity contribution in [2.24, 2.45) is 0 Å². The molecule has 104 valence electrons. The highest BCUT2D eigenvalue weighted by Gasteiger charge is 2.19. The molecule has 4 nitrogen and oxygen atoms in total. The Balaban J connectivity index is 1.93. The van der Waals surface area contributed by atoms with Gasteiger partial charge in [-0.2, -0.15) is 0 Å². The van der Waals surface area contributed by atoms with Crippen LogP contribution in [-0.2, 0) is 11.3 Å². The lowest BCUT2D eigenvalue weighted by atomic mass is 10.0. The highest BCUT2D eigenvalue weighted by molar-refractivity contribution is 7.15. The predicted octanol–water partition coefficient (Wildman–Crippen LogP) is 3.03. The Hall–Kier alpha value is -1.20. The summed E-state index contributed by atoms with van der Waals surface area (Å²) in [6.07, 6.45) is 5.75. The molecule has 0 aliphatic carbocycles. The number of rotatable bonds is 4. The Morgan fingerprint density at radius 2 is 2.42 bits per heavy atom. The Bertz CT molecular complexity index is 469. The number of amides is 1. The first-order valence-corrected chi connectivity index (χ1v) is 7.53. The fourth-order valence-corrected chi connectivity index (χ4v) is 3.07. The monoisotopic (exact) mass is 279 g/mol. The minimum Gasteiger partial charge on any atom is -0.298 e. The summed E-state index contributed by atoms with van der Waals surface area (Å²) in [6.45, 7) is 9.69. The van der Waals surface area contributed by atoms with Gasteiger partial charge in [0.2, 0.25) is 0 Å². The van der Waals surface area contributed by atoms with E-state index in [0.717, 1.165) is 13.1 Å². The molecule has 0 bridgehead atoms. The Kier molecular flexibility index (Phi) is 4.71. The van der Waals surface area contributed by atoms with Crippen molar-refractivity contribution in [2.75, 3.05) is 11.9 Å². The van der Waals surface area contributed by atoms with E-state index in [4.69, 9.17) is 0 Å². The molecule has 1 N–H and O–H groups in total. The van der Waals surface area contributed by atoms with Gasteiger partial charge in [-0.05, 0) is 33.2 Å². The van der Waals surface area contributed by atoms with E-state index in [-0.39, 0.29) is 5.91 Å². The van der Waals surface area contributed by atoms with E-state index in [1.165, 1.54) is 24.1 Å². The Morgan fingerprint density at radius 3 is 3.11 bits per heavy atom. The van der Waals surface area contributed by atoms with Crippen molar-refractivity contribution in [2.45, 2.75) is 45.7 Å². The minimum absolute atomic E-state index is 0.160. The second-order valence-corrected chi connectivity index (χ2v) is 6.30. The van der Waals surface area contributed by atoms with E-state index in [9.17, 15) is 4.79 Å². The van der Waals surface area contributed by atoms with Crippen LogP contribution in [-0.4, -0.2) is 28.4 Å². The van der Waals surface area contributed by atoms with Crippen molar-refractivity contribution < 1.29 is 4.79 Å². The summed E-state index contributed by atoms with van der Waals surface area (Å²) in [7, 11) is 0. The molecule has 19 heavy (non-hydrogen) atoms. The molecule has 0 spiro atoms. The molecule has 1 saturated heterocycles. The van der Waals surface area contributed by atoms with Crippen LogP contribution in [0.25, 0.3) is 0 Å². The molecule has 1 amide bonds. The van der Waals surface area contributed by atoms with Gasteiger partial charge in [0.1, 0.15) is 0 Å². The molecule has 1 aliphatic heterocycles. The van der Waals surface area contributed by atoms with E-state index in [1.54, 1.807) is 18.3 Å². The third-order valence-corrected chi connectivity index (χ3v) is 4.36. The third-order valence-electron chi connectivity index (χ3n) is 3.46. The van der Waals surface area contributed by atoms with E-state index >= 15 is 0 Å². The summed E-state index contributed by atoms with van der Waals surface area (Å²) >= 11 is 1.55. The maximum atomic E-state index is 11.5. The summed E-state index contributed by atoms with van der Waals surface area (Å²) in [5, 5.41) is 3.42. The van der Waals surface area contributed by atoms with Gasteiger partial charge in [-0.15, -0.1) is 11.3 Å². The van der Waals surface area contributed by atoms with Gasteiger partial charge in [-0.25, -0.2) is 4.98 Å². The first-order valence-electron chi connectivity index (χ1n) is 6.72. The van der Waals surface area contributed by atoms with Crippen LogP contribution in [0.3, 0.4) is 0 Å². The number of nitrogens with one attached hydrogen (secondary N) is 1. The molecule has 1 aromatic heterocycles. The maximum absolute atomic E-state index is 11.5. The van der Waals surface area contributed by atoms with E-state index in [1.807, 2.05) is 6.20 Å². The maximum Gasteiger partial charge on any atom is 0.252 e. The number of anilines is 1. The van der Waals surface area contributed by atoms with Gasteiger partial charge in [0.25, 0.3) is 5.91 Å². The smallest absolute Gasteiger partial charge is 0.252 e. The lowest BCUT2D eigenvalue weighted by Gasteiger charge is -2.32.